The van der Waals surface area contributed by atoms with Crippen molar-refractivity contribution in [3.63, 3.8) is 0 Å². The quantitative estimate of drug-likeness (QED) is 0.284. The zero-order valence-corrected chi connectivity index (χ0v) is 20.6. The number of nitrogens with zero attached hydrogens (tertiary/aromatic N) is 5. The molecule has 12 heteroatoms. The summed E-state index contributed by atoms with van der Waals surface area (Å²) in [6.07, 6.45) is 1.75. The Morgan fingerprint density at radius 2 is 2.00 bits per heavy atom. The number of amides is 1. The molecule has 38 heavy (non-hydrogen) atoms. The van der Waals surface area contributed by atoms with Gasteiger partial charge in [0.15, 0.2) is 5.70 Å². The maximum atomic E-state index is 13.8. The van der Waals surface area contributed by atoms with Crippen molar-refractivity contribution in [3.8, 4) is 11.4 Å². The molecule has 0 radical (unpaired) electrons. The molecule has 1 atom stereocenters. The van der Waals surface area contributed by atoms with Crippen molar-refractivity contribution >= 4 is 23.5 Å². The normalized spacial score (nSPS) is 16.5. The standard InChI is InChI=1S/C26H24F4N6O2/c1-16-33-9-10-35(16)23-7-5-17(12-24(23)38-2)21(34-31)14-32-13-19-4-3-18-11-20(27)6-8-22(18)36(25(19)37)15-26(28,29)30/h5-14,19,31H,3-4,15H2,1-2H3/p+1/b21-14-,32-13?,34-31?. The summed E-state index contributed by atoms with van der Waals surface area (Å²) in [5, 5.41) is 3.76. The van der Waals surface area contributed by atoms with Gasteiger partial charge in [0.25, 0.3) is 0 Å². The van der Waals surface area contributed by atoms with E-state index in [-0.39, 0.29) is 24.2 Å². The third kappa shape index (κ3) is 5.79. The molecule has 0 bridgehead atoms. The van der Waals surface area contributed by atoms with Crippen LogP contribution in [-0.4, -0.2) is 41.5 Å². The van der Waals surface area contributed by atoms with Gasteiger partial charge >= 0.3 is 6.18 Å². The predicted molar refractivity (Wildman–Crippen MR) is 132 cm³/mol. The number of alkyl halides is 3. The monoisotopic (exact) mass is 529 g/mol. The van der Waals surface area contributed by atoms with Crippen LogP contribution in [0.15, 0.2) is 65.1 Å². The van der Waals surface area contributed by atoms with Gasteiger partial charge in [-0.2, -0.15) is 18.7 Å². The number of aromatic nitrogens is 2. The molecule has 1 aromatic heterocycles. The van der Waals surface area contributed by atoms with E-state index in [4.69, 9.17) is 10.3 Å². The Morgan fingerprint density at radius 1 is 1.24 bits per heavy atom. The molecule has 1 unspecified atom stereocenters. The predicted octanol–water partition coefficient (Wildman–Crippen LogP) is 4.07. The SMILES string of the molecule is COc1cc(/C(=C/N=CC2CCc3cc(F)ccc3N(CC(F)(F)F)C2=O)N=[NH2+])ccc1-n1ccnc1C. The van der Waals surface area contributed by atoms with Gasteiger partial charge in [-0.3, -0.25) is 9.79 Å². The van der Waals surface area contributed by atoms with Crippen LogP contribution >= 0.6 is 0 Å². The van der Waals surface area contributed by atoms with Crippen LogP contribution in [0.4, 0.5) is 23.2 Å². The fraction of sp³-hybridized carbons (Fsp3) is 0.269. The van der Waals surface area contributed by atoms with E-state index in [2.05, 4.69) is 15.1 Å². The summed E-state index contributed by atoms with van der Waals surface area (Å²) < 4.78 is 61.0. The number of carbonyl (C=O) groups is 1. The molecule has 2 N–H and O–H groups in total. The van der Waals surface area contributed by atoms with E-state index in [0.29, 0.717) is 21.8 Å². The van der Waals surface area contributed by atoms with E-state index < -0.39 is 30.4 Å². The minimum Gasteiger partial charge on any atom is -0.495 e. The molecule has 0 spiro atoms. The Kier molecular flexibility index (Phi) is 7.70. The molecule has 0 aliphatic carbocycles. The minimum absolute atomic E-state index is 0.0399. The van der Waals surface area contributed by atoms with Gasteiger partial charge in [-0.15, -0.1) is 0 Å². The lowest BCUT2D eigenvalue weighted by molar-refractivity contribution is -0.209. The average Bonchev–Trinajstić information content (AvgIpc) is 3.26. The van der Waals surface area contributed by atoms with E-state index in [1.807, 2.05) is 11.5 Å². The number of imidazole rings is 1. The summed E-state index contributed by atoms with van der Waals surface area (Å²) in [7, 11) is 1.52. The highest BCUT2D eigenvalue weighted by molar-refractivity contribution is 6.04. The average molecular weight is 530 g/mol. The van der Waals surface area contributed by atoms with Crippen molar-refractivity contribution in [2.45, 2.75) is 25.9 Å². The molecule has 0 saturated heterocycles. The highest BCUT2D eigenvalue weighted by atomic mass is 19.4. The molecule has 0 fully saturated rings. The van der Waals surface area contributed by atoms with Gasteiger partial charge in [0, 0.05) is 29.9 Å². The lowest BCUT2D eigenvalue weighted by atomic mass is 10.0. The first-order valence-electron chi connectivity index (χ1n) is 11.6. The van der Waals surface area contributed by atoms with Gasteiger partial charge in [0.05, 0.1) is 24.9 Å². The number of methoxy groups -OCH3 is 1. The number of hydrogen-bond acceptors (Lipinski definition) is 5. The second kappa shape index (κ2) is 11.0. The highest BCUT2D eigenvalue weighted by Crippen LogP contribution is 2.33. The zero-order chi connectivity index (χ0) is 27.4. The largest absolute Gasteiger partial charge is 0.495 e. The molecular weight excluding hydrogens is 504 g/mol. The van der Waals surface area contributed by atoms with Crippen LogP contribution in [0.1, 0.15) is 23.4 Å². The molecule has 2 heterocycles. The number of rotatable bonds is 7. The van der Waals surface area contributed by atoms with E-state index in [9.17, 15) is 22.4 Å². The Balaban J connectivity index is 1.61. The zero-order valence-electron chi connectivity index (χ0n) is 20.6. The first-order chi connectivity index (χ1) is 18.1. The number of nitrogens with two attached hydrogens (primary N) is 1. The van der Waals surface area contributed by atoms with Crippen molar-refractivity contribution in [2.75, 3.05) is 18.6 Å². The van der Waals surface area contributed by atoms with E-state index in [1.54, 1.807) is 30.6 Å². The van der Waals surface area contributed by atoms with Gasteiger partial charge in [-0.1, -0.05) is 6.07 Å². The van der Waals surface area contributed by atoms with E-state index >= 15 is 0 Å². The maximum Gasteiger partial charge on any atom is 0.406 e. The number of hydrogen-bond donors (Lipinski definition) is 1. The van der Waals surface area contributed by atoms with Gasteiger partial charge < -0.3 is 14.2 Å². The first kappa shape index (κ1) is 26.7. The molecule has 3 aromatic rings. The summed E-state index contributed by atoms with van der Waals surface area (Å²) in [6, 6.07) is 8.64. The van der Waals surface area contributed by atoms with Crippen molar-refractivity contribution in [2.24, 2.45) is 16.0 Å². The summed E-state index contributed by atoms with van der Waals surface area (Å²) >= 11 is 0. The summed E-state index contributed by atoms with van der Waals surface area (Å²) in [5.74, 6) is -1.05. The van der Waals surface area contributed by atoms with Crippen LogP contribution in [0.2, 0.25) is 0 Å². The Morgan fingerprint density at radius 3 is 2.66 bits per heavy atom. The lowest BCUT2D eigenvalue weighted by Crippen LogP contribution is -2.42. The Labute approximate surface area is 215 Å². The number of halogens is 4. The van der Waals surface area contributed by atoms with Crippen molar-refractivity contribution < 1.29 is 32.6 Å². The second-order valence-electron chi connectivity index (χ2n) is 8.63. The lowest BCUT2D eigenvalue weighted by Gasteiger charge is -2.25. The van der Waals surface area contributed by atoms with E-state index in [0.717, 1.165) is 23.6 Å². The second-order valence-corrected chi connectivity index (χ2v) is 8.63. The molecule has 1 aliphatic heterocycles. The van der Waals surface area contributed by atoms with Crippen molar-refractivity contribution in [3.05, 3.63) is 77.8 Å². The summed E-state index contributed by atoms with van der Waals surface area (Å²) in [5.41, 5.74) is 7.51. The van der Waals surface area contributed by atoms with Crippen molar-refractivity contribution in [1.29, 1.82) is 0 Å². The topological polar surface area (TPSA) is 97.7 Å². The molecule has 198 valence electrons. The molecular formula is C26H25F4N6O2+. The Bertz CT molecular complexity index is 1410. The van der Waals surface area contributed by atoms with Crippen LogP contribution in [0, 0.1) is 18.7 Å². The molecule has 4 rings (SSSR count). The summed E-state index contributed by atoms with van der Waals surface area (Å²) in [4.78, 5) is 22.1. The first-order valence-corrected chi connectivity index (χ1v) is 11.6. The van der Waals surface area contributed by atoms with Gasteiger partial charge in [0.1, 0.15) is 23.9 Å². The molecule has 1 aliphatic rings. The van der Waals surface area contributed by atoms with Crippen LogP contribution < -0.4 is 15.2 Å². The number of carbonyl (C=O) groups excluding carboxylic acids is 1. The number of aliphatic imine (C=N–C) groups is 1. The van der Waals surface area contributed by atoms with Crippen LogP contribution in [-0.2, 0) is 11.2 Å². The smallest absolute Gasteiger partial charge is 0.406 e. The van der Waals surface area contributed by atoms with Gasteiger partial charge in [-0.05, 0) is 60.8 Å². The van der Waals surface area contributed by atoms with E-state index in [1.165, 1.54) is 25.6 Å². The Hall–Kier alpha value is -4.35. The third-order valence-corrected chi connectivity index (χ3v) is 6.14. The molecule has 0 saturated carbocycles. The minimum atomic E-state index is -4.64. The summed E-state index contributed by atoms with van der Waals surface area (Å²) in [6.45, 7) is 0.360. The highest BCUT2D eigenvalue weighted by Gasteiger charge is 2.38. The number of fused-ring (bicyclic) bond motifs is 1. The fourth-order valence-electron chi connectivity index (χ4n) is 4.32. The third-order valence-electron chi connectivity index (χ3n) is 6.14. The van der Waals surface area contributed by atoms with Gasteiger partial charge in [-0.25, -0.2) is 9.37 Å². The number of benzene rings is 2. The molecule has 2 aromatic carbocycles. The number of aryl methyl sites for hydroxylation is 2. The van der Waals surface area contributed by atoms with Gasteiger partial charge in [0.2, 0.25) is 5.91 Å². The molecule has 8 nitrogen and oxygen atoms in total. The fourth-order valence-corrected chi connectivity index (χ4v) is 4.32. The van der Waals surface area contributed by atoms with Crippen LogP contribution in [0.5, 0.6) is 5.75 Å². The number of ether oxygens (including phenoxy) is 1. The van der Waals surface area contributed by atoms with Crippen LogP contribution in [0.25, 0.3) is 11.4 Å². The number of anilines is 1. The van der Waals surface area contributed by atoms with Crippen molar-refractivity contribution in [1.82, 2.24) is 9.55 Å². The van der Waals surface area contributed by atoms with Crippen LogP contribution in [0.3, 0.4) is 0 Å². The molecule has 1 amide bonds. The maximum absolute atomic E-state index is 13.8.